The van der Waals surface area contributed by atoms with Gasteiger partial charge in [-0.05, 0) is 68.8 Å². The fourth-order valence-electron chi connectivity index (χ4n) is 4.39. The molecule has 1 aliphatic heterocycles. The van der Waals surface area contributed by atoms with Gasteiger partial charge in [-0.15, -0.1) is 0 Å². The van der Waals surface area contributed by atoms with E-state index in [1.165, 1.54) is 19.3 Å². The maximum Gasteiger partial charge on any atom is 0.319 e. The van der Waals surface area contributed by atoms with Crippen molar-refractivity contribution in [3.63, 3.8) is 0 Å². The average molecular weight is 527 g/mol. The Balaban J connectivity index is 1.33. The first kappa shape index (κ1) is 27.5. The van der Waals surface area contributed by atoms with E-state index >= 15 is 0 Å². The lowest BCUT2D eigenvalue weighted by molar-refractivity contribution is 0.0947. The molecule has 39 heavy (non-hydrogen) atoms. The zero-order chi connectivity index (χ0) is 27.5. The summed E-state index contributed by atoms with van der Waals surface area (Å²) in [5.41, 5.74) is 3.86. The number of aromatic nitrogens is 2. The summed E-state index contributed by atoms with van der Waals surface area (Å²) in [6.45, 7) is 6.57. The van der Waals surface area contributed by atoms with Crippen molar-refractivity contribution in [3.8, 4) is 17.3 Å². The first-order chi connectivity index (χ1) is 19.1. The van der Waals surface area contributed by atoms with Crippen LogP contribution in [0.3, 0.4) is 0 Å². The van der Waals surface area contributed by atoms with Crippen LogP contribution in [0.15, 0.2) is 54.7 Å². The third kappa shape index (κ3) is 7.99. The predicted octanol–water partition coefficient (Wildman–Crippen LogP) is 3.98. The first-order valence-electron chi connectivity index (χ1n) is 13.3. The molecule has 0 atom stereocenters. The van der Waals surface area contributed by atoms with Gasteiger partial charge in [-0.3, -0.25) is 4.79 Å². The molecule has 10 heteroatoms. The molecule has 0 spiro atoms. The number of likely N-dealkylation sites (tertiary alicyclic amines) is 1. The number of benzene rings is 1. The van der Waals surface area contributed by atoms with Gasteiger partial charge in [0.2, 0.25) is 0 Å². The molecule has 4 rings (SSSR count). The quantitative estimate of drug-likeness (QED) is 0.314. The van der Waals surface area contributed by atoms with Crippen LogP contribution in [0.5, 0.6) is 0 Å². The Morgan fingerprint density at radius 2 is 1.79 bits per heavy atom. The standard InChI is InChI=1S/C29H34N8O2/c1-2-31-27-25(28(38)32-14-17-37-15-4-3-5-16-37)12-13-26(36-27)22-7-10-23(11-8-22)35-29(39)34-20-21-6-9-24(18-30)33-19-21/h6-13,19H,2-5,14-17,20H2,1H3,(H,31,36)(H,32,38)(H2,34,35,39). The first-order valence-corrected chi connectivity index (χ1v) is 13.3. The molecular formula is C29H34N8O2. The van der Waals surface area contributed by atoms with Crippen molar-refractivity contribution in [2.24, 2.45) is 0 Å². The molecule has 3 heterocycles. The second-order valence-electron chi connectivity index (χ2n) is 9.33. The van der Waals surface area contributed by atoms with E-state index < -0.39 is 0 Å². The number of pyridine rings is 2. The van der Waals surface area contributed by atoms with Crippen LogP contribution in [0.25, 0.3) is 11.3 Å². The number of carbonyl (C=O) groups excluding carboxylic acids is 2. The highest BCUT2D eigenvalue weighted by Crippen LogP contribution is 2.24. The largest absolute Gasteiger partial charge is 0.370 e. The highest BCUT2D eigenvalue weighted by Gasteiger charge is 2.15. The van der Waals surface area contributed by atoms with Crippen LogP contribution in [0.4, 0.5) is 16.3 Å². The Bertz CT molecular complexity index is 1300. The fourth-order valence-corrected chi connectivity index (χ4v) is 4.39. The Hall–Kier alpha value is -4.49. The fraction of sp³-hybridized carbons (Fsp3) is 0.345. The Labute approximate surface area is 228 Å². The summed E-state index contributed by atoms with van der Waals surface area (Å²) in [6.07, 6.45) is 5.31. The van der Waals surface area contributed by atoms with E-state index in [0.717, 1.165) is 36.5 Å². The van der Waals surface area contributed by atoms with E-state index in [2.05, 4.69) is 31.2 Å². The predicted molar refractivity (Wildman–Crippen MR) is 151 cm³/mol. The van der Waals surface area contributed by atoms with Gasteiger partial charge >= 0.3 is 6.03 Å². The molecule has 0 bridgehead atoms. The molecule has 3 aromatic rings. The average Bonchev–Trinajstić information content (AvgIpc) is 2.97. The van der Waals surface area contributed by atoms with Crippen LogP contribution in [-0.2, 0) is 6.54 Å². The highest BCUT2D eigenvalue weighted by atomic mass is 16.2. The molecular weight excluding hydrogens is 492 g/mol. The molecule has 0 aliphatic carbocycles. The van der Waals surface area contributed by atoms with Crippen molar-refractivity contribution in [1.82, 2.24) is 25.5 Å². The van der Waals surface area contributed by atoms with Crippen LogP contribution >= 0.6 is 0 Å². The summed E-state index contributed by atoms with van der Waals surface area (Å²) in [5, 5.41) is 20.6. The number of nitrogens with zero attached hydrogens (tertiary/aromatic N) is 4. The van der Waals surface area contributed by atoms with Gasteiger partial charge in [0.05, 0.1) is 11.3 Å². The molecule has 2 aromatic heterocycles. The zero-order valence-electron chi connectivity index (χ0n) is 22.2. The van der Waals surface area contributed by atoms with Crippen molar-refractivity contribution < 1.29 is 9.59 Å². The molecule has 0 saturated carbocycles. The summed E-state index contributed by atoms with van der Waals surface area (Å²) in [4.78, 5) is 36.3. The number of amides is 3. The van der Waals surface area contributed by atoms with E-state index in [-0.39, 0.29) is 18.5 Å². The number of urea groups is 1. The van der Waals surface area contributed by atoms with Gasteiger partial charge < -0.3 is 26.2 Å². The van der Waals surface area contributed by atoms with Gasteiger partial charge in [0.1, 0.15) is 17.6 Å². The lowest BCUT2D eigenvalue weighted by atomic mass is 10.1. The lowest BCUT2D eigenvalue weighted by Gasteiger charge is -2.26. The molecule has 1 aromatic carbocycles. The SMILES string of the molecule is CCNc1nc(-c2ccc(NC(=O)NCc3ccc(C#N)nc3)cc2)ccc1C(=O)NCCN1CCCCC1. The number of nitriles is 1. The molecule has 0 unspecified atom stereocenters. The number of piperidine rings is 1. The smallest absolute Gasteiger partial charge is 0.319 e. The number of carbonyl (C=O) groups is 2. The van der Waals surface area contributed by atoms with Crippen LogP contribution in [0.1, 0.15) is 47.8 Å². The maximum atomic E-state index is 12.9. The second-order valence-corrected chi connectivity index (χ2v) is 9.33. The number of anilines is 2. The Morgan fingerprint density at radius 3 is 2.49 bits per heavy atom. The van der Waals surface area contributed by atoms with Crippen molar-refractivity contribution in [2.75, 3.05) is 43.4 Å². The lowest BCUT2D eigenvalue weighted by Crippen LogP contribution is -2.37. The van der Waals surface area contributed by atoms with Gasteiger partial charge in [-0.1, -0.05) is 24.6 Å². The Morgan fingerprint density at radius 1 is 1.00 bits per heavy atom. The molecule has 0 radical (unpaired) electrons. The van der Waals surface area contributed by atoms with Gasteiger partial charge in [0, 0.05) is 43.6 Å². The molecule has 1 fully saturated rings. The second kappa shape index (κ2) is 13.9. The topological polar surface area (TPSA) is 135 Å². The third-order valence-electron chi connectivity index (χ3n) is 6.48. The van der Waals surface area contributed by atoms with E-state index in [0.29, 0.717) is 35.9 Å². The summed E-state index contributed by atoms with van der Waals surface area (Å²) in [7, 11) is 0. The number of hydrogen-bond donors (Lipinski definition) is 4. The van der Waals surface area contributed by atoms with Gasteiger partial charge in [0.25, 0.3) is 5.91 Å². The summed E-state index contributed by atoms with van der Waals surface area (Å²) in [6, 6.07) is 15.9. The normalized spacial score (nSPS) is 13.2. The molecule has 3 amide bonds. The summed E-state index contributed by atoms with van der Waals surface area (Å²) >= 11 is 0. The van der Waals surface area contributed by atoms with Crippen LogP contribution in [-0.4, -0.2) is 59.5 Å². The number of nitrogens with one attached hydrogen (secondary N) is 4. The monoisotopic (exact) mass is 526 g/mol. The van der Waals surface area contributed by atoms with Crippen LogP contribution in [0.2, 0.25) is 0 Å². The maximum absolute atomic E-state index is 12.9. The third-order valence-corrected chi connectivity index (χ3v) is 6.48. The van der Waals surface area contributed by atoms with Crippen molar-refractivity contribution >= 4 is 23.4 Å². The number of rotatable bonds is 10. The summed E-state index contributed by atoms with van der Waals surface area (Å²) < 4.78 is 0. The van der Waals surface area contributed by atoms with Crippen LogP contribution in [0, 0.1) is 11.3 Å². The van der Waals surface area contributed by atoms with E-state index in [1.807, 2.05) is 31.2 Å². The highest BCUT2D eigenvalue weighted by molar-refractivity contribution is 5.99. The minimum Gasteiger partial charge on any atom is -0.370 e. The molecule has 1 saturated heterocycles. The van der Waals surface area contributed by atoms with Gasteiger partial charge in [-0.25, -0.2) is 14.8 Å². The van der Waals surface area contributed by atoms with Gasteiger partial charge in [0.15, 0.2) is 0 Å². The van der Waals surface area contributed by atoms with E-state index in [4.69, 9.17) is 10.2 Å². The minimum atomic E-state index is -0.352. The molecule has 1 aliphatic rings. The minimum absolute atomic E-state index is 0.135. The molecule has 4 N–H and O–H groups in total. The van der Waals surface area contributed by atoms with E-state index in [9.17, 15) is 9.59 Å². The van der Waals surface area contributed by atoms with Crippen LogP contribution < -0.4 is 21.3 Å². The van der Waals surface area contributed by atoms with Crippen molar-refractivity contribution in [3.05, 3.63) is 71.5 Å². The van der Waals surface area contributed by atoms with E-state index in [1.54, 1.807) is 36.5 Å². The summed E-state index contributed by atoms with van der Waals surface area (Å²) in [5.74, 6) is 0.411. The number of hydrogen-bond acceptors (Lipinski definition) is 7. The van der Waals surface area contributed by atoms with Crippen molar-refractivity contribution in [2.45, 2.75) is 32.7 Å². The van der Waals surface area contributed by atoms with Crippen molar-refractivity contribution in [1.29, 1.82) is 5.26 Å². The molecule has 10 nitrogen and oxygen atoms in total. The zero-order valence-corrected chi connectivity index (χ0v) is 22.2. The molecule has 202 valence electrons. The van der Waals surface area contributed by atoms with Gasteiger partial charge in [-0.2, -0.15) is 5.26 Å². The Kier molecular flexibility index (Phi) is 9.80.